The number of benzene rings is 1. The van der Waals surface area contributed by atoms with Gasteiger partial charge in [-0.25, -0.2) is 4.39 Å². The van der Waals surface area contributed by atoms with Crippen LogP contribution in [0.25, 0.3) is 0 Å². The molecular weight excluding hydrogens is 223 g/mol. The van der Waals surface area contributed by atoms with Crippen LogP contribution in [0.1, 0.15) is 31.1 Å². The van der Waals surface area contributed by atoms with Gasteiger partial charge in [0.25, 0.3) is 0 Å². The van der Waals surface area contributed by atoms with Crippen LogP contribution in [0.3, 0.4) is 0 Å². The molecule has 0 saturated heterocycles. The van der Waals surface area contributed by atoms with Gasteiger partial charge in [0.2, 0.25) is 0 Å². The molecule has 94 valence electrons. The van der Waals surface area contributed by atoms with Gasteiger partial charge in [-0.1, -0.05) is 0 Å². The van der Waals surface area contributed by atoms with Gasteiger partial charge in [-0.15, -0.1) is 0 Å². The van der Waals surface area contributed by atoms with Gasteiger partial charge in [-0.2, -0.15) is 0 Å². The number of hydrogen-bond donors (Lipinski definition) is 0. The van der Waals surface area contributed by atoms with Crippen molar-refractivity contribution in [2.24, 2.45) is 0 Å². The molecule has 1 aromatic rings. The Hall–Kier alpha value is -1.58. The maximum atomic E-state index is 12.7. The molecular formula is C13H17FO3. The van der Waals surface area contributed by atoms with E-state index in [0.717, 1.165) is 0 Å². The fourth-order valence-corrected chi connectivity index (χ4v) is 1.30. The SMILES string of the molecule is CC(F)COc1cc(C=O)cc(OC(C)C)c1. The van der Waals surface area contributed by atoms with Gasteiger partial charge in [0.05, 0.1) is 6.10 Å². The molecule has 4 heteroatoms. The van der Waals surface area contributed by atoms with E-state index < -0.39 is 6.17 Å². The van der Waals surface area contributed by atoms with Crippen molar-refractivity contribution in [2.75, 3.05) is 6.61 Å². The van der Waals surface area contributed by atoms with Crippen LogP contribution < -0.4 is 9.47 Å². The summed E-state index contributed by atoms with van der Waals surface area (Å²) in [5.41, 5.74) is 0.449. The Morgan fingerprint density at radius 2 is 1.88 bits per heavy atom. The van der Waals surface area contributed by atoms with E-state index in [4.69, 9.17) is 9.47 Å². The van der Waals surface area contributed by atoms with Crippen LogP contribution in [0.5, 0.6) is 11.5 Å². The molecule has 1 rings (SSSR count). The van der Waals surface area contributed by atoms with Crippen molar-refractivity contribution in [3.8, 4) is 11.5 Å². The standard InChI is InChI=1S/C13H17FO3/c1-9(2)17-13-5-11(7-15)4-12(6-13)16-8-10(3)14/h4-7,9-10H,8H2,1-3H3. The number of hydrogen-bond acceptors (Lipinski definition) is 3. The number of halogens is 1. The number of carbonyl (C=O) groups excluding carboxylic acids is 1. The van der Waals surface area contributed by atoms with Crippen LogP contribution in [0, 0.1) is 0 Å². The molecule has 0 spiro atoms. The molecule has 0 amide bonds. The van der Waals surface area contributed by atoms with Gasteiger partial charge in [-0.05, 0) is 32.9 Å². The third-order valence-corrected chi connectivity index (χ3v) is 1.89. The molecule has 0 radical (unpaired) electrons. The van der Waals surface area contributed by atoms with Crippen LogP contribution in [-0.2, 0) is 0 Å². The van der Waals surface area contributed by atoms with E-state index in [1.807, 2.05) is 13.8 Å². The summed E-state index contributed by atoms with van der Waals surface area (Å²) in [6, 6.07) is 4.83. The van der Waals surface area contributed by atoms with E-state index in [9.17, 15) is 9.18 Å². The molecule has 1 atom stereocenters. The number of rotatable bonds is 6. The minimum Gasteiger partial charge on any atom is -0.491 e. The van der Waals surface area contributed by atoms with Gasteiger partial charge < -0.3 is 9.47 Å². The van der Waals surface area contributed by atoms with Crippen molar-refractivity contribution in [1.82, 2.24) is 0 Å². The number of alkyl halides is 1. The Bertz CT molecular complexity index is 375. The third-order valence-electron chi connectivity index (χ3n) is 1.89. The highest BCUT2D eigenvalue weighted by Gasteiger charge is 2.06. The Kier molecular flexibility index (Phi) is 4.94. The van der Waals surface area contributed by atoms with Crippen LogP contribution in [0.4, 0.5) is 4.39 Å². The zero-order valence-corrected chi connectivity index (χ0v) is 10.3. The Morgan fingerprint density at radius 1 is 1.24 bits per heavy atom. The third kappa shape index (κ3) is 4.85. The second-order valence-corrected chi connectivity index (χ2v) is 4.11. The topological polar surface area (TPSA) is 35.5 Å². The molecule has 17 heavy (non-hydrogen) atoms. The number of ether oxygens (including phenoxy) is 2. The molecule has 0 N–H and O–H groups in total. The summed E-state index contributed by atoms with van der Waals surface area (Å²) in [4.78, 5) is 10.7. The van der Waals surface area contributed by atoms with Gasteiger partial charge in [0.1, 0.15) is 30.6 Å². The summed E-state index contributed by atoms with van der Waals surface area (Å²) in [5, 5.41) is 0. The highest BCUT2D eigenvalue weighted by atomic mass is 19.1. The van der Waals surface area contributed by atoms with Gasteiger partial charge in [-0.3, -0.25) is 4.79 Å². The summed E-state index contributed by atoms with van der Waals surface area (Å²) in [6.45, 7) is 5.15. The molecule has 1 aromatic carbocycles. The molecule has 0 aromatic heterocycles. The first-order chi connectivity index (χ1) is 8.01. The monoisotopic (exact) mass is 240 g/mol. The molecule has 1 unspecified atom stereocenters. The van der Waals surface area contributed by atoms with Crippen LogP contribution >= 0.6 is 0 Å². The molecule has 0 saturated carbocycles. The minimum absolute atomic E-state index is 0.00449. The molecule has 0 aliphatic heterocycles. The maximum absolute atomic E-state index is 12.7. The van der Waals surface area contributed by atoms with E-state index in [-0.39, 0.29) is 12.7 Å². The largest absolute Gasteiger partial charge is 0.491 e. The van der Waals surface area contributed by atoms with Crippen molar-refractivity contribution < 1.29 is 18.7 Å². The second-order valence-electron chi connectivity index (χ2n) is 4.11. The van der Waals surface area contributed by atoms with Crippen LogP contribution in [-0.4, -0.2) is 25.2 Å². The molecule has 0 aliphatic carbocycles. The van der Waals surface area contributed by atoms with Crippen molar-refractivity contribution in [3.05, 3.63) is 23.8 Å². The highest BCUT2D eigenvalue weighted by molar-refractivity contribution is 5.76. The van der Waals surface area contributed by atoms with E-state index >= 15 is 0 Å². The zero-order chi connectivity index (χ0) is 12.8. The first kappa shape index (κ1) is 13.5. The highest BCUT2D eigenvalue weighted by Crippen LogP contribution is 2.23. The minimum atomic E-state index is -1.05. The molecule has 3 nitrogen and oxygen atoms in total. The van der Waals surface area contributed by atoms with Crippen molar-refractivity contribution in [3.63, 3.8) is 0 Å². The lowest BCUT2D eigenvalue weighted by Gasteiger charge is -2.13. The van der Waals surface area contributed by atoms with E-state index in [1.165, 1.54) is 6.92 Å². The lowest BCUT2D eigenvalue weighted by atomic mass is 10.2. The van der Waals surface area contributed by atoms with Crippen molar-refractivity contribution in [2.45, 2.75) is 33.0 Å². The summed E-state index contributed by atoms with van der Waals surface area (Å²) in [5.74, 6) is 0.987. The lowest BCUT2D eigenvalue weighted by Crippen LogP contribution is -2.09. The second kappa shape index (κ2) is 6.23. The predicted molar refractivity (Wildman–Crippen MR) is 63.7 cm³/mol. The molecule has 0 heterocycles. The maximum Gasteiger partial charge on any atom is 0.150 e. The smallest absolute Gasteiger partial charge is 0.150 e. The Labute approximate surface area is 101 Å². The normalized spacial score (nSPS) is 12.3. The molecule has 0 fully saturated rings. The van der Waals surface area contributed by atoms with Gasteiger partial charge in [0, 0.05) is 11.6 Å². The lowest BCUT2D eigenvalue weighted by molar-refractivity contribution is 0.112. The van der Waals surface area contributed by atoms with Gasteiger partial charge >= 0.3 is 0 Å². The summed E-state index contributed by atoms with van der Waals surface area (Å²) >= 11 is 0. The number of carbonyl (C=O) groups is 1. The molecule has 0 aliphatic rings. The quantitative estimate of drug-likeness (QED) is 0.717. The fraction of sp³-hybridized carbons (Fsp3) is 0.462. The van der Waals surface area contributed by atoms with Crippen molar-refractivity contribution in [1.29, 1.82) is 0 Å². The zero-order valence-electron chi connectivity index (χ0n) is 10.3. The van der Waals surface area contributed by atoms with Crippen LogP contribution in [0.2, 0.25) is 0 Å². The fourth-order valence-electron chi connectivity index (χ4n) is 1.30. The van der Waals surface area contributed by atoms with E-state index in [2.05, 4.69) is 0 Å². The Balaban J connectivity index is 2.84. The molecule has 0 bridgehead atoms. The summed E-state index contributed by atoms with van der Waals surface area (Å²) in [7, 11) is 0. The van der Waals surface area contributed by atoms with Crippen LogP contribution in [0.15, 0.2) is 18.2 Å². The number of aldehydes is 1. The van der Waals surface area contributed by atoms with E-state index in [0.29, 0.717) is 23.3 Å². The average Bonchev–Trinajstić information content (AvgIpc) is 2.25. The van der Waals surface area contributed by atoms with Crippen molar-refractivity contribution >= 4 is 6.29 Å². The van der Waals surface area contributed by atoms with Gasteiger partial charge in [0.15, 0.2) is 0 Å². The van der Waals surface area contributed by atoms with E-state index in [1.54, 1.807) is 18.2 Å². The average molecular weight is 240 g/mol. The predicted octanol–water partition coefficient (Wildman–Crippen LogP) is 3.02. The Morgan fingerprint density at radius 3 is 2.41 bits per heavy atom. The first-order valence-electron chi connectivity index (χ1n) is 5.55. The summed E-state index contributed by atoms with van der Waals surface area (Å²) in [6.07, 6.45) is -0.340. The first-order valence-corrected chi connectivity index (χ1v) is 5.55. The summed E-state index contributed by atoms with van der Waals surface area (Å²) < 4.78 is 23.3.